The number of imidazole rings is 1. The topological polar surface area (TPSA) is 49.0 Å². The third-order valence-electron chi connectivity index (χ3n) is 5.01. The van der Waals surface area contributed by atoms with E-state index < -0.39 is 0 Å². The molecule has 0 bridgehead atoms. The first-order valence-electron chi connectivity index (χ1n) is 8.97. The number of carbonyl (C=O) groups excluding carboxylic acids is 1. The maximum atomic E-state index is 12.7. The van der Waals surface area contributed by atoms with E-state index in [1.165, 1.54) is 5.56 Å². The van der Waals surface area contributed by atoms with E-state index in [0.717, 1.165) is 48.4 Å². The number of aromatic amines is 1. The number of piperidine rings is 1. The number of carbonyl (C=O) groups is 1. The Hall–Kier alpha value is -2.62. The van der Waals surface area contributed by atoms with Crippen LogP contribution in [-0.4, -0.2) is 33.9 Å². The fourth-order valence-electron chi connectivity index (χ4n) is 3.70. The molecule has 128 valence electrons. The fourth-order valence-corrected chi connectivity index (χ4v) is 3.70. The van der Waals surface area contributed by atoms with Crippen LogP contribution in [0.25, 0.3) is 11.0 Å². The molecule has 1 unspecified atom stereocenters. The highest BCUT2D eigenvalue weighted by molar-refractivity contribution is 5.79. The normalized spacial score (nSPS) is 17.8. The Kier molecular flexibility index (Phi) is 4.26. The molecule has 1 fully saturated rings. The lowest BCUT2D eigenvalue weighted by molar-refractivity contribution is -0.131. The smallest absolute Gasteiger partial charge is 0.227 e. The standard InChI is InChI=1S/C21H23N3O/c1-15-6-4-7-16(12-15)13-20(25)24-11-5-8-17(14-24)21-22-18-9-2-3-10-19(18)23-21/h2-4,6-7,9-10,12,17H,5,8,11,13-14H2,1H3,(H,22,23). The highest BCUT2D eigenvalue weighted by Gasteiger charge is 2.26. The van der Waals surface area contributed by atoms with E-state index in [1.54, 1.807) is 0 Å². The Labute approximate surface area is 147 Å². The van der Waals surface area contributed by atoms with Crippen LogP contribution < -0.4 is 0 Å². The lowest BCUT2D eigenvalue weighted by Crippen LogP contribution is -2.40. The number of benzene rings is 2. The van der Waals surface area contributed by atoms with Crippen LogP contribution in [0.1, 0.15) is 35.7 Å². The average Bonchev–Trinajstić information content (AvgIpc) is 3.06. The molecule has 1 atom stereocenters. The van der Waals surface area contributed by atoms with Gasteiger partial charge < -0.3 is 9.88 Å². The summed E-state index contributed by atoms with van der Waals surface area (Å²) in [5.41, 5.74) is 4.36. The number of aromatic nitrogens is 2. The molecule has 0 spiro atoms. The average molecular weight is 333 g/mol. The van der Waals surface area contributed by atoms with Crippen LogP contribution in [0.15, 0.2) is 48.5 Å². The van der Waals surface area contributed by atoms with Gasteiger partial charge in [0.25, 0.3) is 0 Å². The van der Waals surface area contributed by atoms with Crippen molar-refractivity contribution in [1.29, 1.82) is 0 Å². The number of nitrogens with zero attached hydrogens (tertiary/aromatic N) is 2. The van der Waals surface area contributed by atoms with Gasteiger partial charge in [0.1, 0.15) is 5.82 Å². The predicted octanol–water partition coefficient (Wildman–Crippen LogP) is 3.82. The van der Waals surface area contributed by atoms with Gasteiger partial charge >= 0.3 is 0 Å². The number of rotatable bonds is 3. The number of amides is 1. The number of fused-ring (bicyclic) bond motifs is 1. The van der Waals surface area contributed by atoms with Crippen molar-refractivity contribution in [3.8, 4) is 0 Å². The Bertz CT molecular complexity index is 866. The summed E-state index contributed by atoms with van der Waals surface area (Å²) in [6, 6.07) is 16.3. The molecule has 4 rings (SSSR count). The summed E-state index contributed by atoms with van der Waals surface area (Å²) >= 11 is 0. The summed E-state index contributed by atoms with van der Waals surface area (Å²) in [5.74, 6) is 1.52. The molecular weight excluding hydrogens is 310 g/mol. The molecule has 1 saturated heterocycles. The van der Waals surface area contributed by atoms with E-state index >= 15 is 0 Å². The van der Waals surface area contributed by atoms with Gasteiger partial charge in [-0.3, -0.25) is 4.79 Å². The highest BCUT2D eigenvalue weighted by atomic mass is 16.2. The maximum Gasteiger partial charge on any atom is 0.227 e. The van der Waals surface area contributed by atoms with E-state index in [1.807, 2.05) is 35.2 Å². The third-order valence-corrected chi connectivity index (χ3v) is 5.01. The van der Waals surface area contributed by atoms with Crippen molar-refractivity contribution in [3.05, 3.63) is 65.5 Å². The highest BCUT2D eigenvalue weighted by Crippen LogP contribution is 2.27. The largest absolute Gasteiger partial charge is 0.342 e. The number of nitrogens with one attached hydrogen (secondary N) is 1. The molecule has 3 aromatic rings. The van der Waals surface area contributed by atoms with Crippen molar-refractivity contribution < 1.29 is 4.79 Å². The lowest BCUT2D eigenvalue weighted by atomic mass is 9.96. The first kappa shape index (κ1) is 15.9. The van der Waals surface area contributed by atoms with E-state index in [-0.39, 0.29) is 5.91 Å². The first-order valence-corrected chi connectivity index (χ1v) is 8.97. The Morgan fingerprint density at radius 3 is 2.96 bits per heavy atom. The van der Waals surface area contributed by atoms with Crippen LogP contribution >= 0.6 is 0 Å². The van der Waals surface area contributed by atoms with Crippen molar-refractivity contribution >= 4 is 16.9 Å². The number of hydrogen-bond donors (Lipinski definition) is 1. The van der Waals surface area contributed by atoms with Gasteiger partial charge in [0.05, 0.1) is 17.5 Å². The Morgan fingerprint density at radius 1 is 1.24 bits per heavy atom. The minimum atomic E-state index is 0.214. The van der Waals surface area contributed by atoms with E-state index in [0.29, 0.717) is 12.3 Å². The molecule has 0 saturated carbocycles. The lowest BCUT2D eigenvalue weighted by Gasteiger charge is -2.32. The van der Waals surface area contributed by atoms with E-state index in [9.17, 15) is 4.79 Å². The van der Waals surface area contributed by atoms with Gasteiger partial charge in [0, 0.05) is 19.0 Å². The predicted molar refractivity (Wildman–Crippen MR) is 99.5 cm³/mol. The summed E-state index contributed by atoms with van der Waals surface area (Å²) in [6.07, 6.45) is 2.59. The molecule has 1 amide bonds. The van der Waals surface area contributed by atoms with Gasteiger partial charge in [0.15, 0.2) is 0 Å². The molecule has 0 radical (unpaired) electrons. The van der Waals surface area contributed by atoms with Crippen molar-refractivity contribution in [3.63, 3.8) is 0 Å². The molecule has 4 nitrogen and oxygen atoms in total. The number of hydrogen-bond acceptors (Lipinski definition) is 2. The molecule has 2 heterocycles. The zero-order chi connectivity index (χ0) is 17.2. The third kappa shape index (κ3) is 3.43. The maximum absolute atomic E-state index is 12.7. The minimum absolute atomic E-state index is 0.214. The van der Waals surface area contributed by atoms with Crippen molar-refractivity contribution in [2.24, 2.45) is 0 Å². The van der Waals surface area contributed by atoms with Gasteiger partial charge in [0.2, 0.25) is 5.91 Å². The molecule has 1 aliphatic rings. The van der Waals surface area contributed by atoms with Gasteiger partial charge in [-0.25, -0.2) is 4.98 Å². The first-order chi connectivity index (χ1) is 12.2. The minimum Gasteiger partial charge on any atom is -0.342 e. The summed E-state index contributed by atoms with van der Waals surface area (Å²) in [5, 5.41) is 0. The quantitative estimate of drug-likeness (QED) is 0.792. The van der Waals surface area contributed by atoms with Gasteiger partial charge in [-0.2, -0.15) is 0 Å². The zero-order valence-corrected chi connectivity index (χ0v) is 14.5. The van der Waals surface area contributed by atoms with Crippen LogP contribution in [0.2, 0.25) is 0 Å². The molecule has 1 N–H and O–H groups in total. The summed E-state index contributed by atoms with van der Waals surface area (Å²) < 4.78 is 0. The Morgan fingerprint density at radius 2 is 2.12 bits per heavy atom. The molecule has 2 aromatic carbocycles. The number of aryl methyl sites for hydroxylation is 1. The number of likely N-dealkylation sites (tertiary alicyclic amines) is 1. The monoisotopic (exact) mass is 333 g/mol. The number of para-hydroxylation sites is 2. The molecule has 1 aliphatic heterocycles. The van der Waals surface area contributed by atoms with Crippen LogP contribution in [0.3, 0.4) is 0 Å². The SMILES string of the molecule is Cc1cccc(CC(=O)N2CCCC(c3nc4ccccc4[nH]3)C2)c1. The zero-order valence-electron chi connectivity index (χ0n) is 14.5. The second-order valence-electron chi connectivity index (χ2n) is 6.98. The molecule has 1 aromatic heterocycles. The molecular formula is C21H23N3O. The van der Waals surface area contributed by atoms with E-state index in [2.05, 4.69) is 30.1 Å². The molecule has 4 heteroatoms. The fraction of sp³-hybridized carbons (Fsp3) is 0.333. The second-order valence-corrected chi connectivity index (χ2v) is 6.98. The van der Waals surface area contributed by atoms with Crippen LogP contribution in [0.5, 0.6) is 0 Å². The van der Waals surface area contributed by atoms with Crippen molar-refractivity contribution in [2.75, 3.05) is 13.1 Å². The summed E-state index contributed by atoms with van der Waals surface area (Å²) in [4.78, 5) is 22.9. The second kappa shape index (κ2) is 6.71. The van der Waals surface area contributed by atoms with E-state index in [4.69, 9.17) is 4.98 Å². The van der Waals surface area contributed by atoms with Crippen LogP contribution in [0, 0.1) is 6.92 Å². The summed E-state index contributed by atoms with van der Waals surface area (Å²) in [6.45, 7) is 3.67. The molecule has 0 aliphatic carbocycles. The molecule has 25 heavy (non-hydrogen) atoms. The van der Waals surface area contributed by atoms with Crippen LogP contribution in [-0.2, 0) is 11.2 Å². The van der Waals surface area contributed by atoms with Crippen molar-refractivity contribution in [2.45, 2.75) is 32.1 Å². The van der Waals surface area contributed by atoms with Crippen LogP contribution in [0.4, 0.5) is 0 Å². The van der Waals surface area contributed by atoms with Gasteiger partial charge in [-0.05, 0) is 37.5 Å². The summed E-state index contributed by atoms with van der Waals surface area (Å²) in [7, 11) is 0. The van der Waals surface area contributed by atoms with Gasteiger partial charge in [-0.1, -0.05) is 42.0 Å². The van der Waals surface area contributed by atoms with Crippen molar-refractivity contribution in [1.82, 2.24) is 14.9 Å². The van der Waals surface area contributed by atoms with Gasteiger partial charge in [-0.15, -0.1) is 0 Å². The number of H-pyrrole nitrogens is 1. The Balaban J connectivity index is 1.47.